The molecule has 6 nitrogen and oxygen atoms in total. The molecule has 0 aliphatic carbocycles. The first-order valence-corrected chi connectivity index (χ1v) is 10.3. The van der Waals surface area contributed by atoms with Crippen molar-refractivity contribution < 1.29 is 14.6 Å². The summed E-state index contributed by atoms with van der Waals surface area (Å²) in [6.45, 7) is 0.540. The summed E-state index contributed by atoms with van der Waals surface area (Å²) in [6.07, 6.45) is 2.38. The van der Waals surface area contributed by atoms with Gasteiger partial charge in [-0.15, -0.1) is 0 Å². The number of hydrogen-bond donors (Lipinski definition) is 1. The van der Waals surface area contributed by atoms with Gasteiger partial charge in [0.25, 0.3) is 5.56 Å². The second kappa shape index (κ2) is 9.39. The fourth-order valence-electron chi connectivity index (χ4n) is 3.62. The number of aromatic hydroxyl groups is 1. The lowest BCUT2D eigenvalue weighted by atomic mass is 10.1. The highest BCUT2D eigenvalue weighted by molar-refractivity contribution is 6.01. The van der Waals surface area contributed by atoms with Crippen LogP contribution in [0.25, 0.3) is 16.5 Å². The highest BCUT2D eigenvalue weighted by Crippen LogP contribution is 2.27. The first-order chi connectivity index (χ1) is 15.6. The van der Waals surface area contributed by atoms with E-state index in [1.165, 1.54) is 4.57 Å². The molecular weight excluding hydrogens is 404 g/mol. The van der Waals surface area contributed by atoms with Gasteiger partial charge in [0.2, 0.25) is 5.88 Å². The molecule has 0 amide bonds. The minimum Gasteiger partial charge on any atom is -0.497 e. The molecule has 0 unspecified atom stereocenters. The van der Waals surface area contributed by atoms with Gasteiger partial charge < -0.3 is 14.6 Å². The molecule has 4 rings (SSSR count). The Balaban J connectivity index is 1.71. The molecule has 0 bridgehead atoms. The number of methoxy groups -OCH3 is 2. The highest BCUT2D eigenvalue weighted by Gasteiger charge is 2.16. The number of aliphatic imine (C=N–C) groups is 1. The van der Waals surface area contributed by atoms with Gasteiger partial charge in [0.1, 0.15) is 11.5 Å². The number of nitrogens with zero attached hydrogens (tertiary/aromatic N) is 2. The predicted octanol–water partition coefficient (Wildman–Crippen LogP) is 4.38. The van der Waals surface area contributed by atoms with E-state index < -0.39 is 0 Å². The van der Waals surface area contributed by atoms with Gasteiger partial charge in [-0.25, -0.2) is 4.57 Å². The quantitative estimate of drug-likeness (QED) is 0.444. The van der Waals surface area contributed by atoms with Crippen molar-refractivity contribution in [1.29, 1.82) is 0 Å². The SMILES string of the molecule is COc1ccc(CCN=Cc2c(O)n(-c3cccc(OC)c3)c(=O)c3ccccc23)cc1. The Morgan fingerprint density at radius 2 is 1.62 bits per heavy atom. The van der Waals surface area contributed by atoms with Crippen LogP contribution < -0.4 is 15.0 Å². The van der Waals surface area contributed by atoms with Gasteiger partial charge in [-0.05, 0) is 42.3 Å². The summed E-state index contributed by atoms with van der Waals surface area (Å²) in [5.41, 5.74) is 1.85. The lowest BCUT2D eigenvalue weighted by Gasteiger charge is -2.14. The van der Waals surface area contributed by atoms with Crippen molar-refractivity contribution in [3.8, 4) is 23.1 Å². The van der Waals surface area contributed by atoms with E-state index in [-0.39, 0.29) is 11.4 Å². The van der Waals surface area contributed by atoms with Crippen LogP contribution in [0.4, 0.5) is 0 Å². The third-order valence-electron chi connectivity index (χ3n) is 5.32. The molecule has 32 heavy (non-hydrogen) atoms. The molecule has 0 aliphatic rings. The lowest BCUT2D eigenvalue weighted by molar-refractivity contribution is 0.413. The molecule has 0 spiro atoms. The summed E-state index contributed by atoms with van der Waals surface area (Å²) in [6, 6.07) is 22.1. The van der Waals surface area contributed by atoms with Crippen LogP contribution in [0.5, 0.6) is 17.4 Å². The zero-order valence-electron chi connectivity index (χ0n) is 18.0. The van der Waals surface area contributed by atoms with Gasteiger partial charge in [0.05, 0.1) is 25.5 Å². The summed E-state index contributed by atoms with van der Waals surface area (Å²) < 4.78 is 11.8. The van der Waals surface area contributed by atoms with Crippen LogP contribution in [-0.4, -0.2) is 36.7 Å². The van der Waals surface area contributed by atoms with Crippen LogP contribution >= 0.6 is 0 Å². The Labute approximate surface area is 186 Å². The maximum absolute atomic E-state index is 13.2. The second-order valence-electron chi connectivity index (χ2n) is 7.26. The molecule has 162 valence electrons. The minimum absolute atomic E-state index is 0.157. The summed E-state index contributed by atoms with van der Waals surface area (Å²) in [4.78, 5) is 17.7. The van der Waals surface area contributed by atoms with Crippen LogP contribution in [0.1, 0.15) is 11.1 Å². The Morgan fingerprint density at radius 1 is 0.906 bits per heavy atom. The van der Waals surface area contributed by atoms with Crippen molar-refractivity contribution in [3.63, 3.8) is 0 Å². The summed E-state index contributed by atoms with van der Waals surface area (Å²) in [7, 11) is 3.20. The Kier molecular flexibility index (Phi) is 6.22. The second-order valence-corrected chi connectivity index (χ2v) is 7.26. The van der Waals surface area contributed by atoms with Crippen molar-refractivity contribution in [2.45, 2.75) is 6.42 Å². The normalized spacial score (nSPS) is 11.2. The third kappa shape index (κ3) is 4.21. The fraction of sp³-hybridized carbons (Fsp3) is 0.154. The Morgan fingerprint density at radius 3 is 2.34 bits per heavy atom. The van der Waals surface area contributed by atoms with Gasteiger partial charge >= 0.3 is 0 Å². The zero-order valence-corrected chi connectivity index (χ0v) is 18.0. The molecule has 6 heteroatoms. The van der Waals surface area contributed by atoms with Crippen LogP contribution in [0, 0.1) is 0 Å². The molecular formula is C26H24N2O4. The maximum atomic E-state index is 13.2. The zero-order chi connectivity index (χ0) is 22.5. The minimum atomic E-state index is -0.304. The molecule has 0 radical (unpaired) electrons. The van der Waals surface area contributed by atoms with Crippen LogP contribution in [0.2, 0.25) is 0 Å². The topological polar surface area (TPSA) is 73.1 Å². The Hall–Kier alpha value is -4.06. The van der Waals surface area contributed by atoms with E-state index >= 15 is 0 Å². The fourth-order valence-corrected chi connectivity index (χ4v) is 3.62. The van der Waals surface area contributed by atoms with Crippen molar-refractivity contribution in [2.75, 3.05) is 20.8 Å². The molecule has 0 saturated carbocycles. The van der Waals surface area contributed by atoms with E-state index in [1.54, 1.807) is 56.8 Å². The van der Waals surface area contributed by atoms with Crippen LogP contribution in [0.3, 0.4) is 0 Å². The third-order valence-corrected chi connectivity index (χ3v) is 5.32. The molecule has 3 aromatic carbocycles. The average molecular weight is 428 g/mol. The number of benzene rings is 3. The maximum Gasteiger partial charge on any atom is 0.265 e. The number of rotatable bonds is 7. The molecule has 4 aromatic rings. The van der Waals surface area contributed by atoms with Crippen molar-refractivity contribution >= 4 is 17.0 Å². The van der Waals surface area contributed by atoms with E-state index in [2.05, 4.69) is 4.99 Å². The van der Waals surface area contributed by atoms with Crippen molar-refractivity contribution in [2.24, 2.45) is 4.99 Å². The molecule has 1 heterocycles. The average Bonchev–Trinajstić information content (AvgIpc) is 2.84. The summed E-state index contributed by atoms with van der Waals surface area (Å²) in [5, 5.41) is 12.2. The molecule has 1 N–H and O–H groups in total. The van der Waals surface area contributed by atoms with Crippen molar-refractivity contribution in [3.05, 3.63) is 94.3 Å². The van der Waals surface area contributed by atoms with E-state index in [0.29, 0.717) is 34.3 Å². The van der Waals surface area contributed by atoms with Gasteiger partial charge in [0, 0.05) is 29.6 Å². The standard InChI is InChI=1S/C26H24N2O4/c1-31-20-12-10-18(11-13-20)14-15-27-17-24-22-8-3-4-9-23(22)25(29)28(26(24)30)19-6-5-7-21(16-19)32-2/h3-13,16-17,30H,14-15H2,1-2H3. The summed E-state index contributed by atoms with van der Waals surface area (Å²) in [5.74, 6) is 1.25. The molecule has 0 atom stereocenters. The molecule has 0 aliphatic heterocycles. The molecule has 0 saturated heterocycles. The molecule has 1 aromatic heterocycles. The van der Waals surface area contributed by atoms with E-state index in [4.69, 9.17) is 9.47 Å². The first kappa shape index (κ1) is 21.2. The van der Waals surface area contributed by atoms with Gasteiger partial charge in [-0.1, -0.05) is 36.4 Å². The number of hydrogen-bond acceptors (Lipinski definition) is 5. The first-order valence-electron chi connectivity index (χ1n) is 10.3. The monoisotopic (exact) mass is 428 g/mol. The lowest BCUT2D eigenvalue weighted by Crippen LogP contribution is -2.20. The van der Waals surface area contributed by atoms with E-state index in [0.717, 1.165) is 17.7 Å². The Bertz CT molecular complexity index is 1320. The van der Waals surface area contributed by atoms with Crippen molar-refractivity contribution in [1.82, 2.24) is 4.57 Å². The number of aromatic nitrogens is 1. The molecule has 0 fully saturated rings. The van der Waals surface area contributed by atoms with Crippen LogP contribution in [0.15, 0.2) is 82.6 Å². The van der Waals surface area contributed by atoms with E-state index in [1.807, 2.05) is 36.4 Å². The summed E-state index contributed by atoms with van der Waals surface area (Å²) >= 11 is 0. The predicted molar refractivity (Wildman–Crippen MR) is 127 cm³/mol. The number of fused-ring (bicyclic) bond motifs is 1. The van der Waals surface area contributed by atoms with Crippen LogP contribution in [-0.2, 0) is 6.42 Å². The number of ether oxygens (including phenoxy) is 2. The van der Waals surface area contributed by atoms with E-state index in [9.17, 15) is 9.90 Å². The number of pyridine rings is 1. The largest absolute Gasteiger partial charge is 0.497 e. The van der Waals surface area contributed by atoms with Gasteiger partial charge in [-0.3, -0.25) is 9.79 Å². The van der Waals surface area contributed by atoms with Gasteiger partial charge in [-0.2, -0.15) is 0 Å². The highest BCUT2D eigenvalue weighted by atomic mass is 16.5. The van der Waals surface area contributed by atoms with Gasteiger partial charge in [0.15, 0.2) is 0 Å². The smallest absolute Gasteiger partial charge is 0.265 e.